The van der Waals surface area contributed by atoms with Gasteiger partial charge in [-0.1, -0.05) is 30.3 Å². The van der Waals surface area contributed by atoms with Gasteiger partial charge in [0.05, 0.1) is 39.6 Å². The van der Waals surface area contributed by atoms with Crippen LogP contribution in [0.5, 0.6) is 0 Å². The molecular weight excluding hydrogens is 555 g/mol. The van der Waals surface area contributed by atoms with Crippen LogP contribution in [0.15, 0.2) is 96.3 Å². The highest BCUT2D eigenvalue weighted by Gasteiger charge is 2.32. The molecule has 208 valence electrons. The Morgan fingerprint density at radius 2 is 1.78 bits per heavy atom. The van der Waals surface area contributed by atoms with Crippen molar-refractivity contribution in [2.45, 2.75) is 30.7 Å². The van der Waals surface area contributed by atoms with Crippen molar-refractivity contribution in [2.24, 2.45) is 0 Å². The summed E-state index contributed by atoms with van der Waals surface area (Å²) in [6, 6.07) is 25.1. The molecule has 0 fully saturated rings. The van der Waals surface area contributed by atoms with Crippen LogP contribution in [0.3, 0.4) is 0 Å². The molecule has 3 aromatic carbocycles. The molecule has 0 saturated heterocycles. The number of aromatic nitrogens is 2. The van der Waals surface area contributed by atoms with E-state index in [0.717, 1.165) is 15.6 Å². The monoisotopic (exact) mass is 583 g/mol. The maximum Gasteiger partial charge on any atom is 0.263 e. The number of nitrogens with one attached hydrogen (secondary N) is 1. The number of nitrogens with zero attached hydrogens (tertiary/aromatic N) is 4. The lowest BCUT2D eigenvalue weighted by molar-refractivity contribution is 0.0778. The second-order valence-electron chi connectivity index (χ2n) is 9.48. The fraction of sp³-hybridized carbons (Fsp3) is 0.194. The Kier molecular flexibility index (Phi) is 8.19. The summed E-state index contributed by atoms with van der Waals surface area (Å²) in [5, 5.41) is 12.1. The fourth-order valence-electron chi connectivity index (χ4n) is 4.68. The first-order chi connectivity index (χ1) is 19.8. The van der Waals surface area contributed by atoms with Gasteiger partial charge in [-0.3, -0.25) is 4.79 Å². The summed E-state index contributed by atoms with van der Waals surface area (Å²) in [5.74, 6) is -0.0121. The first-order valence-corrected chi connectivity index (χ1v) is 15.6. The molecule has 2 heterocycles. The van der Waals surface area contributed by atoms with Crippen LogP contribution < -0.4 is 5.32 Å². The number of thiophene rings is 1. The summed E-state index contributed by atoms with van der Waals surface area (Å²) in [6.07, 6.45) is 3.17. The molecule has 0 aliphatic rings. The average Bonchev–Trinajstić information content (AvgIpc) is 3.64. The molecule has 0 saturated carbocycles. The van der Waals surface area contributed by atoms with Gasteiger partial charge in [0.1, 0.15) is 0 Å². The maximum absolute atomic E-state index is 14.0. The molecule has 1 atom stereocenters. The summed E-state index contributed by atoms with van der Waals surface area (Å²) in [5.41, 5.74) is 2.54. The molecule has 1 N–H and O–H groups in total. The van der Waals surface area contributed by atoms with Gasteiger partial charge in [-0.25, -0.2) is 13.4 Å². The third-order valence-corrected chi connectivity index (χ3v) is 9.92. The van der Waals surface area contributed by atoms with Crippen LogP contribution in [0, 0.1) is 11.3 Å². The van der Waals surface area contributed by atoms with E-state index in [-0.39, 0.29) is 10.8 Å². The van der Waals surface area contributed by atoms with Crippen LogP contribution in [0.2, 0.25) is 0 Å². The molecule has 0 bridgehead atoms. The Morgan fingerprint density at radius 1 is 1.05 bits per heavy atom. The number of anilines is 1. The van der Waals surface area contributed by atoms with E-state index in [1.165, 1.54) is 11.3 Å². The summed E-state index contributed by atoms with van der Waals surface area (Å²) in [7, 11) is -3.90. The number of imidazole rings is 1. The molecule has 0 aliphatic carbocycles. The van der Waals surface area contributed by atoms with Crippen molar-refractivity contribution in [3.63, 3.8) is 0 Å². The topological polar surface area (TPSA) is 108 Å². The van der Waals surface area contributed by atoms with Crippen molar-refractivity contribution < 1.29 is 13.2 Å². The zero-order valence-electron chi connectivity index (χ0n) is 22.7. The van der Waals surface area contributed by atoms with Gasteiger partial charge >= 0.3 is 0 Å². The van der Waals surface area contributed by atoms with Crippen LogP contribution in [-0.2, 0) is 16.4 Å². The van der Waals surface area contributed by atoms with Gasteiger partial charge in [-0.2, -0.15) is 5.26 Å². The second kappa shape index (κ2) is 12.0. The lowest BCUT2D eigenvalue weighted by atomic mass is 10.1. The Morgan fingerprint density at radius 3 is 2.46 bits per heavy atom. The van der Waals surface area contributed by atoms with Crippen molar-refractivity contribution in [3.8, 4) is 6.07 Å². The van der Waals surface area contributed by atoms with Crippen LogP contribution in [-0.4, -0.2) is 41.9 Å². The highest BCUT2D eigenvalue weighted by molar-refractivity contribution is 7.91. The summed E-state index contributed by atoms with van der Waals surface area (Å²) < 4.78 is 30.8. The number of hydrogen-bond donors (Lipinski definition) is 1. The van der Waals surface area contributed by atoms with E-state index in [4.69, 9.17) is 5.26 Å². The van der Waals surface area contributed by atoms with Gasteiger partial charge in [0.2, 0.25) is 9.84 Å². The second-order valence-corrected chi connectivity index (χ2v) is 12.6. The average molecular weight is 584 g/mol. The Hall–Kier alpha value is -4.46. The first-order valence-electron chi connectivity index (χ1n) is 13.2. The Labute approximate surface area is 243 Å². The fourth-order valence-corrected chi connectivity index (χ4v) is 7.30. The van der Waals surface area contributed by atoms with E-state index in [2.05, 4.69) is 16.4 Å². The molecule has 1 amide bonds. The summed E-state index contributed by atoms with van der Waals surface area (Å²) in [4.78, 5) is 19.8. The van der Waals surface area contributed by atoms with E-state index in [9.17, 15) is 13.2 Å². The number of sulfone groups is 1. The number of hydrogen-bond acceptors (Lipinski definition) is 7. The first kappa shape index (κ1) is 28.1. The van der Waals surface area contributed by atoms with Crippen molar-refractivity contribution in [1.82, 2.24) is 14.5 Å². The van der Waals surface area contributed by atoms with Gasteiger partial charge in [0, 0.05) is 30.0 Å². The molecule has 2 aromatic heterocycles. The summed E-state index contributed by atoms with van der Waals surface area (Å²) in [6.45, 7) is 5.55. The van der Waals surface area contributed by atoms with E-state index in [1.807, 2.05) is 50.2 Å². The van der Waals surface area contributed by atoms with E-state index in [0.29, 0.717) is 41.5 Å². The standard InChI is InChI=1S/C31H29N5O3S2/c1-3-35(4-2)31(37)29-17-24-16-25(14-15-28(24)40-29)34-30(41(38,39)26-8-6-5-7-9-26)27-19-33-21-36(27)20-23-12-10-22(18-32)11-13-23/h5-17,19,21,30,34H,3-4,20H2,1-2H3. The van der Waals surface area contributed by atoms with Gasteiger partial charge in [-0.05, 0) is 73.3 Å². The highest BCUT2D eigenvalue weighted by atomic mass is 32.2. The zero-order chi connectivity index (χ0) is 29.0. The maximum atomic E-state index is 14.0. The molecular formula is C31H29N5O3S2. The van der Waals surface area contributed by atoms with E-state index >= 15 is 0 Å². The Balaban J connectivity index is 1.52. The third-order valence-electron chi connectivity index (χ3n) is 6.91. The Bertz CT molecular complexity index is 1820. The zero-order valence-corrected chi connectivity index (χ0v) is 24.3. The molecule has 5 aromatic rings. The predicted molar refractivity (Wildman–Crippen MR) is 162 cm³/mol. The molecule has 0 aliphatic heterocycles. The molecule has 0 radical (unpaired) electrons. The van der Waals surface area contributed by atoms with Crippen LogP contribution in [0.4, 0.5) is 5.69 Å². The summed E-state index contributed by atoms with van der Waals surface area (Å²) >= 11 is 1.43. The van der Waals surface area contributed by atoms with Crippen molar-refractivity contribution in [2.75, 3.05) is 18.4 Å². The molecule has 0 spiro atoms. The molecule has 41 heavy (non-hydrogen) atoms. The number of amides is 1. The largest absolute Gasteiger partial charge is 0.364 e. The quantitative estimate of drug-likeness (QED) is 0.213. The van der Waals surface area contributed by atoms with E-state index < -0.39 is 15.2 Å². The smallest absolute Gasteiger partial charge is 0.263 e. The van der Waals surface area contributed by atoms with Crippen molar-refractivity contribution in [1.29, 1.82) is 5.26 Å². The minimum Gasteiger partial charge on any atom is -0.364 e. The van der Waals surface area contributed by atoms with Crippen LogP contribution in [0.25, 0.3) is 10.1 Å². The molecule has 8 nitrogen and oxygen atoms in total. The van der Waals surface area contributed by atoms with Crippen molar-refractivity contribution in [3.05, 3.63) is 113 Å². The highest BCUT2D eigenvalue weighted by Crippen LogP contribution is 2.34. The minimum absolute atomic E-state index is 0.0121. The number of rotatable bonds is 10. The van der Waals surface area contributed by atoms with Crippen LogP contribution >= 0.6 is 11.3 Å². The normalized spacial score (nSPS) is 12.1. The minimum atomic E-state index is -3.90. The third kappa shape index (κ3) is 5.87. The van der Waals surface area contributed by atoms with E-state index in [1.54, 1.807) is 64.5 Å². The molecule has 10 heteroatoms. The molecule has 5 rings (SSSR count). The number of fused-ring (bicyclic) bond motifs is 1. The SMILES string of the molecule is CCN(CC)C(=O)c1cc2cc(NC(c3cncn3Cc3ccc(C#N)cc3)S(=O)(=O)c3ccccc3)ccc2s1. The predicted octanol–water partition coefficient (Wildman–Crippen LogP) is 6.08. The van der Waals surface area contributed by atoms with Crippen molar-refractivity contribution >= 4 is 42.9 Å². The number of benzene rings is 3. The number of nitriles is 1. The van der Waals surface area contributed by atoms with Gasteiger partial charge in [0.15, 0.2) is 5.37 Å². The van der Waals surface area contributed by atoms with Gasteiger partial charge in [-0.15, -0.1) is 11.3 Å². The number of carbonyl (C=O) groups excluding carboxylic acids is 1. The number of carbonyl (C=O) groups is 1. The van der Waals surface area contributed by atoms with Gasteiger partial charge in [0.25, 0.3) is 5.91 Å². The lowest BCUT2D eigenvalue weighted by Gasteiger charge is -2.22. The molecule has 1 unspecified atom stereocenters. The van der Waals surface area contributed by atoms with Gasteiger partial charge < -0.3 is 14.8 Å². The lowest BCUT2D eigenvalue weighted by Crippen LogP contribution is -2.29. The van der Waals surface area contributed by atoms with Crippen LogP contribution in [0.1, 0.15) is 45.7 Å².